The normalized spacial score (nSPS) is 26.9. The van der Waals surface area contributed by atoms with E-state index >= 15 is 0 Å². The van der Waals surface area contributed by atoms with Gasteiger partial charge in [-0.2, -0.15) is 0 Å². The molecule has 2 nitrogen and oxygen atoms in total. The molecule has 0 unspecified atom stereocenters. The number of hydrogen-bond donors (Lipinski definition) is 1. The number of nitrogens with two attached hydrogens (primary N) is 1. The zero-order valence-electron chi connectivity index (χ0n) is 9.71. The highest BCUT2D eigenvalue weighted by atomic mass is 35.5. The van der Waals surface area contributed by atoms with Crippen molar-refractivity contribution in [2.24, 2.45) is 5.73 Å². The number of halogens is 1. The van der Waals surface area contributed by atoms with Crippen molar-refractivity contribution in [1.29, 1.82) is 0 Å². The fraction of sp³-hybridized carbons (Fsp3) is 0.833. The molecule has 15 heavy (non-hydrogen) atoms. The molecule has 0 aliphatic heterocycles. The third-order valence-electron chi connectivity index (χ3n) is 3.14. The summed E-state index contributed by atoms with van der Waals surface area (Å²) < 4.78 is 0. The van der Waals surface area contributed by atoms with Crippen molar-refractivity contribution in [2.75, 3.05) is 13.1 Å². The predicted octanol–water partition coefficient (Wildman–Crippen LogP) is 2.72. The molecular formula is C12H23ClN2. The topological polar surface area (TPSA) is 29.3 Å². The number of nitrogens with zero attached hydrogens (tertiary/aromatic N) is 1. The standard InChI is InChI=1S/C12H23ClN2/c1-3-8-15(9-10(2)13)12-6-4-11(14)5-7-12/h11-12H,2-9,14H2,1H3. The van der Waals surface area contributed by atoms with Crippen molar-refractivity contribution in [2.45, 2.75) is 51.1 Å². The van der Waals surface area contributed by atoms with Gasteiger partial charge in [0.2, 0.25) is 0 Å². The highest BCUT2D eigenvalue weighted by molar-refractivity contribution is 6.29. The fourth-order valence-electron chi connectivity index (χ4n) is 2.37. The van der Waals surface area contributed by atoms with Gasteiger partial charge in [0.1, 0.15) is 0 Å². The van der Waals surface area contributed by atoms with Gasteiger partial charge < -0.3 is 5.73 Å². The molecule has 0 bridgehead atoms. The molecule has 1 aliphatic carbocycles. The molecule has 0 atom stereocenters. The second-order valence-electron chi connectivity index (χ2n) is 4.56. The molecule has 0 saturated heterocycles. The minimum atomic E-state index is 0.420. The lowest BCUT2D eigenvalue weighted by molar-refractivity contribution is 0.164. The summed E-state index contributed by atoms with van der Waals surface area (Å²) in [6.45, 7) is 7.94. The monoisotopic (exact) mass is 230 g/mol. The first-order valence-electron chi connectivity index (χ1n) is 5.96. The largest absolute Gasteiger partial charge is 0.328 e. The van der Waals surface area contributed by atoms with Gasteiger partial charge in [0.05, 0.1) is 0 Å². The third-order valence-corrected chi connectivity index (χ3v) is 3.26. The van der Waals surface area contributed by atoms with Crippen LogP contribution in [-0.4, -0.2) is 30.1 Å². The highest BCUT2D eigenvalue weighted by Gasteiger charge is 2.23. The second-order valence-corrected chi connectivity index (χ2v) is 5.09. The van der Waals surface area contributed by atoms with E-state index in [2.05, 4.69) is 18.4 Å². The van der Waals surface area contributed by atoms with Gasteiger partial charge in [-0.3, -0.25) is 4.90 Å². The van der Waals surface area contributed by atoms with Gasteiger partial charge >= 0.3 is 0 Å². The smallest absolute Gasteiger partial charge is 0.0338 e. The molecule has 0 radical (unpaired) electrons. The molecule has 0 heterocycles. The summed E-state index contributed by atoms with van der Waals surface area (Å²) in [6.07, 6.45) is 5.91. The quantitative estimate of drug-likeness (QED) is 0.787. The van der Waals surface area contributed by atoms with Crippen molar-refractivity contribution in [3.8, 4) is 0 Å². The van der Waals surface area contributed by atoms with Crippen LogP contribution in [0.15, 0.2) is 11.6 Å². The molecule has 0 amide bonds. The molecule has 1 rings (SSSR count). The molecule has 0 aromatic rings. The van der Waals surface area contributed by atoms with Crippen molar-refractivity contribution < 1.29 is 0 Å². The Morgan fingerprint density at radius 1 is 1.40 bits per heavy atom. The van der Waals surface area contributed by atoms with Gasteiger partial charge in [-0.25, -0.2) is 0 Å². The van der Waals surface area contributed by atoms with Crippen molar-refractivity contribution in [3.05, 3.63) is 11.6 Å². The maximum absolute atomic E-state index is 5.91. The second kappa shape index (κ2) is 6.51. The first-order valence-corrected chi connectivity index (χ1v) is 6.34. The van der Waals surface area contributed by atoms with Crippen LogP contribution in [-0.2, 0) is 0 Å². The van der Waals surface area contributed by atoms with Crippen molar-refractivity contribution in [1.82, 2.24) is 4.90 Å². The molecule has 1 saturated carbocycles. The van der Waals surface area contributed by atoms with Crippen LogP contribution in [0.1, 0.15) is 39.0 Å². The van der Waals surface area contributed by atoms with Gasteiger partial charge in [0.25, 0.3) is 0 Å². The molecular weight excluding hydrogens is 208 g/mol. The van der Waals surface area contributed by atoms with E-state index in [-0.39, 0.29) is 0 Å². The first-order chi connectivity index (χ1) is 7.13. The van der Waals surface area contributed by atoms with Crippen LogP contribution < -0.4 is 5.73 Å². The Morgan fingerprint density at radius 2 is 2.00 bits per heavy atom. The minimum Gasteiger partial charge on any atom is -0.328 e. The van der Waals surface area contributed by atoms with E-state index in [0.717, 1.165) is 31.0 Å². The summed E-state index contributed by atoms with van der Waals surface area (Å²) in [5.74, 6) is 0. The molecule has 1 fully saturated rings. The number of hydrogen-bond acceptors (Lipinski definition) is 2. The van der Waals surface area contributed by atoms with Crippen LogP contribution >= 0.6 is 11.6 Å². The maximum Gasteiger partial charge on any atom is 0.0338 e. The SMILES string of the molecule is C=C(Cl)CN(CCC)C1CCC(N)CC1. The molecule has 3 heteroatoms. The van der Waals surface area contributed by atoms with E-state index in [0.29, 0.717) is 12.1 Å². The Morgan fingerprint density at radius 3 is 2.47 bits per heavy atom. The zero-order chi connectivity index (χ0) is 11.3. The lowest BCUT2D eigenvalue weighted by Gasteiger charge is -2.35. The molecule has 2 N–H and O–H groups in total. The van der Waals surface area contributed by atoms with Crippen molar-refractivity contribution in [3.63, 3.8) is 0 Å². The van der Waals surface area contributed by atoms with E-state index in [9.17, 15) is 0 Å². The molecule has 0 aromatic heterocycles. The van der Waals surface area contributed by atoms with Crippen LogP contribution in [0.3, 0.4) is 0 Å². The van der Waals surface area contributed by atoms with Gasteiger partial charge in [-0.15, -0.1) is 0 Å². The van der Waals surface area contributed by atoms with E-state index in [1.54, 1.807) is 0 Å². The average Bonchev–Trinajstić information content (AvgIpc) is 2.17. The molecule has 0 aromatic carbocycles. The molecule has 1 aliphatic rings. The van der Waals surface area contributed by atoms with Crippen LogP contribution in [0.5, 0.6) is 0 Å². The minimum absolute atomic E-state index is 0.420. The Labute approximate surface area is 98.5 Å². The van der Waals surface area contributed by atoms with Crippen LogP contribution in [0.4, 0.5) is 0 Å². The molecule has 88 valence electrons. The van der Waals surface area contributed by atoms with E-state index in [1.807, 2.05) is 0 Å². The van der Waals surface area contributed by atoms with Gasteiger partial charge in [0.15, 0.2) is 0 Å². The van der Waals surface area contributed by atoms with Crippen LogP contribution in [0, 0.1) is 0 Å². The Balaban J connectivity index is 2.44. The molecule has 0 spiro atoms. The summed E-state index contributed by atoms with van der Waals surface area (Å²) in [5.41, 5.74) is 5.91. The highest BCUT2D eigenvalue weighted by Crippen LogP contribution is 2.23. The Hall–Kier alpha value is -0.0500. The van der Waals surface area contributed by atoms with E-state index in [1.165, 1.54) is 19.3 Å². The van der Waals surface area contributed by atoms with Crippen molar-refractivity contribution >= 4 is 11.6 Å². The first kappa shape index (κ1) is 13.0. The summed E-state index contributed by atoms with van der Waals surface area (Å²) >= 11 is 5.90. The summed E-state index contributed by atoms with van der Waals surface area (Å²) in [4.78, 5) is 2.46. The van der Waals surface area contributed by atoms with Gasteiger partial charge in [0, 0.05) is 23.7 Å². The van der Waals surface area contributed by atoms with Crippen LogP contribution in [0.25, 0.3) is 0 Å². The number of rotatable bonds is 5. The maximum atomic E-state index is 5.91. The Kier molecular flexibility index (Phi) is 5.65. The summed E-state index contributed by atoms with van der Waals surface area (Å²) in [6, 6.07) is 1.09. The lowest BCUT2D eigenvalue weighted by Crippen LogP contribution is -2.41. The fourth-order valence-corrected chi connectivity index (χ4v) is 2.52. The average molecular weight is 231 g/mol. The van der Waals surface area contributed by atoms with Gasteiger partial charge in [-0.1, -0.05) is 25.1 Å². The van der Waals surface area contributed by atoms with Crippen LogP contribution in [0.2, 0.25) is 0 Å². The zero-order valence-corrected chi connectivity index (χ0v) is 10.5. The summed E-state index contributed by atoms with van der Waals surface area (Å²) in [7, 11) is 0. The summed E-state index contributed by atoms with van der Waals surface area (Å²) in [5, 5.41) is 0.748. The lowest BCUT2D eigenvalue weighted by atomic mass is 9.90. The van der Waals surface area contributed by atoms with Gasteiger partial charge in [-0.05, 0) is 38.6 Å². The van der Waals surface area contributed by atoms with E-state index in [4.69, 9.17) is 17.3 Å². The third kappa shape index (κ3) is 4.54. The van der Waals surface area contributed by atoms with E-state index < -0.39 is 0 Å². The predicted molar refractivity (Wildman–Crippen MR) is 67.1 cm³/mol. The Bertz CT molecular complexity index is 198.